The van der Waals surface area contributed by atoms with Crippen molar-refractivity contribution in [1.29, 1.82) is 0 Å². The molecule has 0 spiro atoms. The number of nitrogen functional groups attached to an aromatic ring is 1. The molecule has 1 aliphatic heterocycles. The van der Waals surface area contributed by atoms with E-state index in [1.165, 1.54) is 0 Å². The van der Waals surface area contributed by atoms with Crippen molar-refractivity contribution in [1.82, 2.24) is 9.97 Å². The molecule has 1 atom stereocenters. The lowest BCUT2D eigenvalue weighted by molar-refractivity contribution is 0.0985. The summed E-state index contributed by atoms with van der Waals surface area (Å²) in [6, 6.07) is 9.89. The average Bonchev–Trinajstić information content (AvgIpc) is 2.49. The minimum absolute atomic E-state index is 0.331. The third-order valence-corrected chi connectivity index (χ3v) is 3.47. The topological polar surface area (TPSA) is 64.3 Å². The van der Waals surface area contributed by atoms with Crippen molar-refractivity contribution >= 4 is 11.5 Å². The third kappa shape index (κ3) is 2.58. The molecule has 0 radical (unpaired) electrons. The number of ether oxygens (including phenoxy) is 1. The van der Waals surface area contributed by atoms with Crippen molar-refractivity contribution < 1.29 is 4.74 Å². The highest BCUT2D eigenvalue weighted by Gasteiger charge is 2.20. The Balaban J connectivity index is 1.91. The minimum Gasteiger partial charge on any atom is -0.399 e. The zero-order valence-electron chi connectivity index (χ0n) is 11.5. The second-order valence-electron chi connectivity index (χ2n) is 4.98. The molecule has 0 amide bonds. The van der Waals surface area contributed by atoms with Gasteiger partial charge in [-0.05, 0) is 37.3 Å². The van der Waals surface area contributed by atoms with Crippen LogP contribution in [-0.2, 0) is 4.74 Å². The van der Waals surface area contributed by atoms with Crippen LogP contribution in [0.25, 0.3) is 11.4 Å². The van der Waals surface area contributed by atoms with Crippen LogP contribution in [0, 0.1) is 0 Å². The van der Waals surface area contributed by atoms with E-state index in [0.717, 1.165) is 42.7 Å². The standard InChI is InChI=1S/C15H18N4O/c1-11-10-20-9-8-19(11)14-6-7-17-15(18-14)12-2-4-13(16)5-3-12/h2-7,11H,8-10,16H2,1H3/t11-/m0/s1. The molecule has 1 aromatic carbocycles. The molecule has 1 saturated heterocycles. The van der Waals surface area contributed by atoms with Gasteiger partial charge in [0.25, 0.3) is 0 Å². The Morgan fingerprint density at radius 3 is 2.80 bits per heavy atom. The minimum atomic E-state index is 0.331. The van der Waals surface area contributed by atoms with Gasteiger partial charge in [-0.3, -0.25) is 0 Å². The molecular weight excluding hydrogens is 252 g/mol. The molecule has 0 unspecified atom stereocenters. The van der Waals surface area contributed by atoms with Crippen molar-refractivity contribution in [3.8, 4) is 11.4 Å². The second-order valence-corrected chi connectivity index (χ2v) is 4.98. The highest BCUT2D eigenvalue weighted by molar-refractivity contribution is 5.60. The number of benzene rings is 1. The lowest BCUT2D eigenvalue weighted by atomic mass is 10.2. The largest absolute Gasteiger partial charge is 0.399 e. The maximum atomic E-state index is 5.71. The third-order valence-electron chi connectivity index (χ3n) is 3.47. The fourth-order valence-electron chi connectivity index (χ4n) is 2.35. The summed E-state index contributed by atoms with van der Waals surface area (Å²) in [6.07, 6.45) is 1.80. The van der Waals surface area contributed by atoms with Crippen LogP contribution in [0.1, 0.15) is 6.92 Å². The molecule has 1 aromatic heterocycles. The van der Waals surface area contributed by atoms with Gasteiger partial charge in [-0.15, -0.1) is 0 Å². The Labute approximate surface area is 118 Å². The summed E-state index contributed by atoms with van der Waals surface area (Å²) < 4.78 is 5.46. The van der Waals surface area contributed by atoms with Gasteiger partial charge in [-0.2, -0.15) is 0 Å². The zero-order chi connectivity index (χ0) is 13.9. The molecule has 5 nitrogen and oxygen atoms in total. The van der Waals surface area contributed by atoms with Crippen molar-refractivity contribution in [2.24, 2.45) is 0 Å². The SMILES string of the molecule is C[C@H]1COCCN1c1ccnc(-c2ccc(N)cc2)n1. The van der Waals surface area contributed by atoms with Crippen LogP contribution in [0.3, 0.4) is 0 Å². The number of nitrogens with zero attached hydrogens (tertiary/aromatic N) is 3. The highest BCUT2D eigenvalue weighted by atomic mass is 16.5. The summed E-state index contributed by atoms with van der Waals surface area (Å²) in [5, 5.41) is 0. The normalized spacial score (nSPS) is 19.1. The van der Waals surface area contributed by atoms with Gasteiger partial charge < -0.3 is 15.4 Å². The molecule has 2 aromatic rings. The summed E-state index contributed by atoms with van der Waals surface area (Å²) in [4.78, 5) is 11.3. The number of nitrogens with two attached hydrogens (primary N) is 1. The summed E-state index contributed by atoms with van der Waals surface area (Å²) in [5.74, 6) is 1.67. The highest BCUT2D eigenvalue weighted by Crippen LogP contribution is 2.21. The lowest BCUT2D eigenvalue weighted by Crippen LogP contribution is -2.44. The van der Waals surface area contributed by atoms with Gasteiger partial charge in [-0.1, -0.05) is 0 Å². The number of rotatable bonds is 2. The molecule has 1 aliphatic rings. The smallest absolute Gasteiger partial charge is 0.161 e. The quantitative estimate of drug-likeness (QED) is 0.845. The first kappa shape index (κ1) is 12.9. The first-order valence-electron chi connectivity index (χ1n) is 6.77. The van der Waals surface area contributed by atoms with Crippen molar-refractivity contribution in [3.05, 3.63) is 36.5 Å². The molecule has 20 heavy (non-hydrogen) atoms. The van der Waals surface area contributed by atoms with Gasteiger partial charge in [0.1, 0.15) is 5.82 Å². The van der Waals surface area contributed by atoms with E-state index in [1.807, 2.05) is 30.3 Å². The first-order chi connectivity index (χ1) is 9.74. The molecule has 2 heterocycles. The van der Waals surface area contributed by atoms with Crippen molar-refractivity contribution in [3.63, 3.8) is 0 Å². The maximum absolute atomic E-state index is 5.71. The van der Waals surface area contributed by atoms with Crippen LogP contribution >= 0.6 is 0 Å². The number of morpholine rings is 1. The van der Waals surface area contributed by atoms with Crippen molar-refractivity contribution in [2.45, 2.75) is 13.0 Å². The average molecular weight is 270 g/mol. The van der Waals surface area contributed by atoms with Gasteiger partial charge in [0.2, 0.25) is 0 Å². The number of hydrogen-bond donors (Lipinski definition) is 1. The van der Waals surface area contributed by atoms with Gasteiger partial charge >= 0.3 is 0 Å². The van der Waals surface area contributed by atoms with Gasteiger partial charge in [0, 0.05) is 24.0 Å². The summed E-state index contributed by atoms with van der Waals surface area (Å²) >= 11 is 0. The lowest BCUT2D eigenvalue weighted by Gasteiger charge is -2.34. The summed E-state index contributed by atoms with van der Waals surface area (Å²) in [5.41, 5.74) is 7.42. The summed E-state index contributed by atoms with van der Waals surface area (Å²) in [7, 11) is 0. The van der Waals surface area contributed by atoms with Crippen LogP contribution in [0.4, 0.5) is 11.5 Å². The Morgan fingerprint density at radius 1 is 1.25 bits per heavy atom. The molecular formula is C15H18N4O. The monoisotopic (exact) mass is 270 g/mol. The van der Waals surface area contributed by atoms with Crippen LogP contribution < -0.4 is 10.6 Å². The van der Waals surface area contributed by atoms with Crippen LogP contribution in [0.5, 0.6) is 0 Å². The van der Waals surface area contributed by atoms with E-state index in [0.29, 0.717) is 6.04 Å². The second kappa shape index (κ2) is 5.46. The molecule has 0 aliphatic carbocycles. The van der Waals surface area contributed by atoms with Crippen molar-refractivity contribution in [2.75, 3.05) is 30.4 Å². The molecule has 2 N–H and O–H groups in total. The molecule has 3 rings (SSSR count). The molecule has 104 valence electrons. The van der Waals surface area contributed by atoms with E-state index in [2.05, 4.69) is 21.8 Å². The molecule has 1 fully saturated rings. The van der Waals surface area contributed by atoms with Gasteiger partial charge in [-0.25, -0.2) is 9.97 Å². The Kier molecular flexibility index (Phi) is 3.52. The first-order valence-corrected chi connectivity index (χ1v) is 6.77. The van der Waals surface area contributed by atoms with E-state index in [4.69, 9.17) is 10.5 Å². The zero-order valence-corrected chi connectivity index (χ0v) is 11.5. The molecule has 5 heteroatoms. The predicted molar refractivity (Wildman–Crippen MR) is 79.5 cm³/mol. The Bertz CT molecular complexity index is 585. The van der Waals surface area contributed by atoms with E-state index in [1.54, 1.807) is 6.20 Å². The van der Waals surface area contributed by atoms with E-state index in [9.17, 15) is 0 Å². The fraction of sp³-hybridized carbons (Fsp3) is 0.333. The van der Waals surface area contributed by atoms with E-state index in [-0.39, 0.29) is 0 Å². The van der Waals surface area contributed by atoms with Gasteiger partial charge in [0.05, 0.1) is 19.3 Å². The predicted octanol–water partition coefficient (Wildman–Crippen LogP) is 1.95. The number of hydrogen-bond acceptors (Lipinski definition) is 5. The molecule has 0 saturated carbocycles. The Morgan fingerprint density at radius 2 is 2.05 bits per heavy atom. The summed E-state index contributed by atoms with van der Waals surface area (Å²) in [6.45, 7) is 4.48. The maximum Gasteiger partial charge on any atom is 0.161 e. The number of aromatic nitrogens is 2. The van der Waals surface area contributed by atoms with E-state index < -0.39 is 0 Å². The number of anilines is 2. The van der Waals surface area contributed by atoms with Gasteiger partial charge in [0.15, 0.2) is 5.82 Å². The van der Waals surface area contributed by atoms with Crippen LogP contribution in [0.15, 0.2) is 36.5 Å². The van der Waals surface area contributed by atoms with Crippen LogP contribution in [0.2, 0.25) is 0 Å². The molecule has 0 bridgehead atoms. The van der Waals surface area contributed by atoms with Crippen LogP contribution in [-0.4, -0.2) is 35.8 Å². The Hall–Kier alpha value is -2.14. The fourth-order valence-corrected chi connectivity index (χ4v) is 2.35. The van der Waals surface area contributed by atoms with E-state index >= 15 is 0 Å².